The first-order chi connectivity index (χ1) is 6.79. The zero-order valence-electron chi connectivity index (χ0n) is 9.75. The van der Waals surface area contributed by atoms with E-state index < -0.39 is 0 Å². The van der Waals surface area contributed by atoms with Gasteiger partial charge in [0.1, 0.15) is 0 Å². The van der Waals surface area contributed by atoms with E-state index in [-0.39, 0.29) is 0 Å². The van der Waals surface area contributed by atoms with Gasteiger partial charge in [0, 0.05) is 26.2 Å². The van der Waals surface area contributed by atoms with Crippen molar-refractivity contribution in [3.8, 4) is 0 Å². The first-order valence-corrected chi connectivity index (χ1v) is 5.67. The zero-order valence-corrected chi connectivity index (χ0v) is 9.75. The summed E-state index contributed by atoms with van der Waals surface area (Å²) in [6.45, 7) is 2.17. The SMILES string of the molecule is CNCCN(C)C1CCCCC1OC. The standard InChI is InChI=1S/C11H24N2O/c1-12-8-9-13(2)10-6-4-5-7-11(10)14-3/h10-12H,4-9H2,1-3H3. The lowest BCUT2D eigenvalue weighted by molar-refractivity contribution is -0.00132. The van der Waals surface area contributed by atoms with Gasteiger partial charge in [-0.3, -0.25) is 4.90 Å². The molecule has 0 aromatic carbocycles. The first kappa shape index (κ1) is 12.0. The van der Waals surface area contributed by atoms with Crippen molar-refractivity contribution >= 4 is 0 Å². The lowest BCUT2D eigenvalue weighted by Gasteiger charge is -2.37. The molecule has 3 heteroatoms. The molecule has 2 unspecified atom stereocenters. The lowest BCUT2D eigenvalue weighted by atomic mass is 9.91. The van der Waals surface area contributed by atoms with Crippen LogP contribution < -0.4 is 5.32 Å². The highest BCUT2D eigenvalue weighted by Crippen LogP contribution is 2.24. The Balaban J connectivity index is 2.37. The summed E-state index contributed by atoms with van der Waals surface area (Å²) in [5, 5.41) is 3.19. The minimum absolute atomic E-state index is 0.450. The third-order valence-electron chi connectivity index (χ3n) is 3.25. The summed E-state index contributed by atoms with van der Waals surface area (Å²) < 4.78 is 5.54. The average Bonchev–Trinajstić information content (AvgIpc) is 2.25. The number of rotatable bonds is 5. The summed E-state index contributed by atoms with van der Waals surface area (Å²) in [5.74, 6) is 0. The van der Waals surface area contributed by atoms with Gasteiger partial charge in [0.2, 0.25) is 0 Å². The maximum atomic E-state index is 5.54. The van der Waals surface area contributed by atoms with Crippen LogP contribution in [0.15, 0.2) is 0 Å². The molecule has 0 bridgehead atoms. The van der Waals surface area contributed by atoms with Crippen LogP contribution in [0.5, 0.6) is 0 Å². The van der Waals surface area contributed by atoms with E-state index in [2.05, 4.69) is 17.3 Å². The van der Waals surface area contributed by atoms with Crippen molar-refractivity contribution < 1.29 is 4.74 Å². The van der Waals surface area contributed by atoms with E-state index in [4.69, 9.17) is 4.74 Å². The lowest BCUT2D eigenvalue weighted by Crippen LogP contribution is -2.46. The molecule has 1 rings (SSSR count). The van der Waals surface area contributed by atoms with Gasteiger partial charge in [-0.05, 0) is 26.9 Å². The van der Waals surface area contributed by atoms with E-state index in [1.807, 2.05) is 14.2 Å². The van der Waals surface area contributed by atoms with Crippen molar-refractivity contribution in [2.24, 2.45) is 0 Å². The second-order valence-corrected chi connectivity index (χ2v) is 4.21. The number of hydrogen-bond donors (Lipinski definition) is 1. The molecule has 0 aromatic rings. The van der Waals surface area contributed by atoms with E-state index in [1.165, 1.54) is 25.7 Å². The number of nitrogens with zero attached hydrogens (tertiary/aromatic N) is 1. The quantitative estimate of drug-likeness (QED) is 0.719. The van der Waals surface area contributed by atoms with Gasteiger partial charge in [0.25, 0.3) is 0 Å². The fourth-order valence-electron chi connectivity index (χ4n) is 2.31. The van der Waals surface area contributed by atoms with Gasteiger partial charge in [0.15, 0.2) is 0 Å². The monoisotopic (exact) mass is 200 g/mol. The topological polar surface area (TPSA) is 24.5 Å². The van der Waals surface area contributed by atoms with Crippen LogP contribution in [0.3, 0.4) is 0 Å². The minimum Gasteiger partial charge on any atom is -0.380 e. The third-order valence-corrected chi connectivity index (χ3v) is 3.25. The normalized spacial score (nSPS) is 28.3. The fraction of sp³-hybridized carbons (Fsp3) is 1.00. The van der Waals surface area contributed by atoms with E-state index in [0.717, 1.165) is 13.1 Å². The Bertz CT molecular complexity index is 152. The van der Waals surface area contributed by atoms with Crippen LogP contribution >= 0.6 is 0 Å². The molecule has 0 amide bonds. The molecular weight excluding hydrogens is 176 g/mol. The van der Waals surface area contributed by atoms with Crippen LogP contribution in [0.1, 0.15) is 25.7 Å². The van der Waals surface area contributed by atoms with Crippen molar-refractivity contribution in [3.05, 3.63) is 0 Å². The van der Waals surface area contributed by atoms with Crippen LogP contribution in [0, 0.1) is 0 Å². The minimum atomic E-state index is 0.450. The molecule has 3 nitrogen and oxygen atoms in total. The van der Waals surface area contributed by atoms with Crippen molar-refractivity contribution in [1.29, 1.82) is 0 Å². The molecule has 1 fully saturated rings. The Morgan fingerprint density at radius 2 is 2.07 bits per heavy atom. The maximum absolute atomic E-state index is 5.54. The molecule has 0 saturated heterocycles. The Kier molecular flexibility index (Phi) is 5.45. The molecule has 1 aliphatic rings. The first-order valence-electron chi connectivity index (χ1n) is 5.67. The number of hydrogen-bond acceptors (Lipinski definition) is 3. The van der Waals surface area contributed by atoms with E-state index in [0.29, 0.717) is 12.1 Å². The van der Waals surface area contributed by atoms with Gasteiger partial charge in [-0.25, -0.2) is 0 Å². The van der Waals surface area contributed by atoms with E-state index >= 15 is 0 Å². The van der Waals surface area contributed by atoms with Gasteiger partial charge >= 0.3 is 0 Å². The highest BCUT2D eigenvalue weighted by atomic mass is 16.5. The van der Waals surface area contributed by atoms with Gasteiger partial charge in [-0.15, -0.1) is 0 Å². The zero-order chi connectivity index (χ0) is 10.4. The smallest absolute Gasteiger partial charge is 0.0726 e. The van der Waals surface area contributed by atoms with Gasteiger partial charge < -0.3 is 10.1 Å². The second-order valence-electron chi connectivity index (χ2n) is 4.21. The molecule has 0 aliphatic heterocycles. The molecule has 0 radical (unpaired) electrons. The van der Waals surface area contributed by atoms with Crippen LogP contribution in [-0.2, 0) is 4.74 Å². The highest BCUT2D eigenvalue weighted by Gasteiger charge is 2.27. The third kappa shape index (κ3) is 3.23. The van der Waals surface area contributed by atoms with Crippen molar-refractivity contribution in [1.82, 2.24) is 10.2 Å². The van der Waals surface area contributed by atoms with Crippen LogP contribution in [0.4, 0.5) is 0 Å². The van der Waals surface area contributed by atoms with Crippen molar-refractivity contribution in [2.45, 2.75) is 37.8 Å². The Morgan fingerprint density at radius 3 is 2.71 bits per heavy atom. The molecule has 1 aliphatic carbocycles. The van der Waals surface area contributed by atoms with Gasteiger partial charge in [-0.1, -0.05) is 12.8 Å². The molecule has 0 heterocycles. The summed E-state index contributed by atoms with van der Waals surface area (Å²) in [4.78, 5) is 2.43. The van der Waals surface area contributed by atoms with Crippen LogP contribution in [0.2, 0.25) is 0 Å². The highest BCUT2D eigenvalue weighted by molar-refractivity contribution is 4.82. The number of nitrogens with one attached hydrogen (secondary N) is 1. The largest absolute Gasteiger partial charge is 0.380 e. The van der Waals surface area contributed by atoms with Gasteiger partial charge in [0.05, 0.1) is 6.10 Å². The predicted octanol–water partition coefficient (Wildman–Crippen LogP) is 1.10. The van der Waals surface area contributed by atoms with Crippen molar-refractivity contribution in [3.63, 3.8) is 0 Å². The molecule has 84 valence electrons. The maximum Gasteiger partial charge on any atom is 0.0726 e. The molecule has 2 atom stereocenters. The molecule has 14 heavy (non-hydrogen) atoms. The molecule has 1 saturated carbocycles. The summed E-state index contributed by atoms with van der Waals surface area (Å²) in [7, 11) is 6.05. The fourth-order valence-corrected chi connectivity index (χ4v) is 2.31. The van der Waals surface area contributed by atoms with Crippen LogP contribution in [0.25, 0.3) is 0 Å². The number of likely N-dealkylation sites (N-methyl/N-ethyl adjacent to an activating group) is 2. The average molecular weight is 200 g/mol. The molecular formula is C11H24N2O. The summed E-state index contributed by atoms with van der Waals surface area (Å²) in [5.41, 5.74) is 0. The Hall–Kier alpha value is -0.120. The second kappa shape index (κ2) is 6.38. The molecule has 0 spiro atoms. The predicted molar refractivity (Wildman–Crippen MR) is 59.6 cm³/mol. The summed E-state index contributed by atoms with van der Waals surface area (Å²) in [6, 6.07) is 0.627. The van der Waals surface area contributed by atoms with Gasteiger partial charge in [-0.2, -0.15) is 0 Å². The van der Waals surface area contributed by atoms with E-state index in [9.17, 15) is 0 Å². The summed E-state index contributed by atoms with van der Waals surface area (Å²) >= 11 is 0. The molecule has 1 N–H and O–H groups in total. The number of ether oxygens (including phenoxy) is 1. The summed E-state index contributed by atoms with van der Waals surface area (Å²) in [6.07, 6.45) is 5.65. The Labute approximate surface area is 87.8 Å². The molecule has 0 aromatic heterocycles. The van der Waals surface area contributed by atoms with E-state index in [1.54, 1.807) is 0 Å². The number of methoxy groups -OCH3 is 1. The van der Waals surface area contributed by atoms with Crippen molar-refractivity contribution in [2.75, 3.05) is 34.3 Å². The Morgan fingerprint density at radius 1 is 1.36 bits per heavy atom. The van der Waals surface area contributed by atoms with Crippen LogP contribution in [-0.4, -0.2) is 51.3 Å².